The van der Waals surface area contributed by atoms with E-state index in [0.717, 1.165) is 11.6 Å². The quantitative estimate of drug-likeness (QED) is 0.197. The fraction of sp³-hybridized carbons (Fsp3) is 0.167. The van der Waals surface area contributed by atoms with Crippen molar-refractivity contribution in [1.29, 1.82) is 0 Å². The second-order valence-electron chi connectivity index (χ2n) is 4.98. The summed E-state index contributed by atoms with van der Waals surface area (Å²) in [7, 11) is 0. The van der Waals surface area contributed by atoms with Crippen molar-refractivity contribution in [3.63, 3.8) is 0 Å². The normalized spacial score (nSPS) is 10.6. The number of carbonyl (C=O) groups is 1. The van der Waals surface area contributed by atoms with Crippen molar-refractivity contribution in [1.82, 2.24) is 0 Å². The van der Waals surface area contributed by atoms with Crippen LogP contribution in [0.1, 0.15) is 18.1 Å². The molecule has 0 saturated heterocycles. The first kappa shape index (κ1) is 22.3. The SMILES string of the molecule is CCOC(=O)C(O)=Cc1cccc(OCc2ccccc2)c1[N+](=O)[O-].[KH]. The molecule has 0 aliphatic carbocycles. The van der Waals surface area contributed by atoms with Crippen LogP contribution >= 0.6 is 0 Å². The van der Waals surface area contributed by atoms with Crippen LogP contribution in [-0.4, -0.2) is 74.0 Å². The van der Waals surface area contributed by atoms with E-state index in [0.29, 0.717) is 0 Å². The molecule has 0 aliphatic rings. The van der Waals surface area contributed by atoms with Gasteiger partial charge in [0.05, 0.1) is 17.1 Å². The van der Waals surface area contributed by atoms with Crippen LogP contribution in [0.15, 0.2) is 54.3 Å². The van der Waals surface area contributed by atoms with Gasteiger partial charge in [-0.15, -0.1) is 0 Å². The molecule has 0 bridgehead atoms. The zero-order valence-electron chi connectivity index (χ0n) is 13.5. The summed E-state index contributed by atoms with van der Waals surface area (Å²) < 4.78 is 10.2. The van der Waals surface area contributed by atoms with Crippen molar-refractivity contribution in [3.8, 4) is 5.75 Å². The third-order valence-electron chi connectivity index (χ3n) is 3.23. The van der Waals surface area contributed by atoms with Gasteiger partial charge in [0.25, 0.3) is 0 Å². The van der Waals surface area contributed by atoms with Gasteiger partial charge in [-0.25, -0.2) is 4.79 Å². The van der Waals surface area contributed by atoms with E-state index in [4.69, 9.17) is 4.74 Å². The summed E-state index contributed by atoms with van der Waals surface area (Å²) in [6.45, 7) is 1.82. The molecule has 0 fully saturated rings. The topological polar surface area (TPSA) is 98.9 Å². The summed E-state index contributed by atoms with van der Waals surface area (Å²) in [6, 6.07) is 13.6. The van der Waals surface area contributed by atoms with Crippen molar-refractivity contribution in [3.05, 3.63) is 75.5 Å². The molecule has 8 heteroatoms. The molecule has 26 heavy (non-hydrogen) atoms. The van der Waals surface area contributed by atoms with Crippen LogP contribution < -0.4 is 4.74 Å². The van der Waals surface area contributed by atoms with Gasteiger partial charge < -0.3 is 14.6 Å². The Labute approximate surface area is 193 Å². The molecule has 7 nitrogen and oxygen atoms in total. The number of aliphatic hydroxyl groups excluding tert-OH is 1. The number of esters is 1. The Morgan fingerprint density at radius 3 is 2.50 bits per heavy atom. The number of rotatable bonds is 7. The van der Waals surface area contributed by atoms with E-state index in [9.17, 15) is 20.0 Å². The molecule has 0 aliphatic heterocycles. The second-order valence-corrected chi connectivity index (χ2v) is 4.98. The molecule has 1 N–H and O–H groups in total. The minimum absolute atomic E-state index is 0. The number of ether oxygens (including phenoxy) is 2. The van der Waals surface area contributed by atoms with E-state index in [2.05, 4.69) is 4.74 Å². The van der Waals surface area contributed by atoms with E-state index < -0.39 is 16.7 Å². The fourth-order valence-electron chi connectivity index (χ4n) is 2.11. The van der Waals surface area contributed by atoms with Crippen LogP contribution in [0.3, 0.4) is 0 Å². The molecule has 2 aromatic rings. The van der Waals surface area contributed by atoms with Crippen molar-refractivity contribution in [2.75, 3.05) is 6.61 Å². The van der Waals surface area contributed by atoms with Crippen LogP contribution in [0, 0.1) is 10.1 Å². The summed E-state index contributed by atoms with van der Waals surface area (Å²) >= 11 is 0. The molecule has 0 atom stereocenters. The number of benzene rings is 2. The maximum atomic E-state index is 11.5. The van der Waals surface area contributed by atoms with Crippen molar-refractivity contribution >= 4 is 69.1 Å². The van der Waals surface area contributed by atoms with Gasteiger partial charge in [0, 0.05) is 6.08 Å². The predicted octanol–water partition coefficient (Wildman–Crippen LogP) is 2.99. The van der Waals surface area contributed by atoms with Gasteiger partial charge in [0.1, 0.15) is 6.61 Å². The van der Waals surface area contributed by atoms with Gasteiger partial charge in [0.2, 0.25) is 5.76 Å². The molecular weight excluding hydrogens is 365 g/mol. The maximum absolute atomic E-state index is 11.5. The molecule has 0 unspecified atom stereocenters. The first-order chi connectivity index (χ1) is 12.0. The number of hydrogen-bond donors (Lipinski definition) is 1. The molecule has 2 rings (SSSR count). The molecule has 0 amide bonds. The van der Waals surface area contributed by atoms with Crippen LogP contribution in [0.25, 0.3) is 6.08 Å². The summed E-state index contributed by atoms with van der Waals surface area (Å²) in [5.41, 5.74) is 0.558. The fourth-order valence-corrected chi connectivity index (χ4v) is 2.11. The Hall–Kier alpha value is -1.71. The van der Waals surface area contributed by atoms with E-state index in [1.54, 1.807) is 6.92 Å². The van der Waals surface area contributed by atoms with E-state index in [1.165, 1.54) is 18.2 Å². The number of nitrogens with zero attached hydrogens (tertiary/aromatic N) is 1. The average molecular weight is 383 g/mol. The van der Waals surface area contributed by atoms with Crippen molar-refractivity contribution in [2.45, 2.75) is 13.5 Å². The summed E-state index contributed by atoms with van der Waals surface area (Å²) in [5, 5.41) is 21.2. The zero-order chi connectivity index (χ0) is 18.2. The molecular formula is C18H18KNO6. The standard InChI is InChI=1S/C18H17NO6.K.H/c1-2-24-18(21)15(20)11-14-9-6-10-16(17(14)19(22)23)25-12-13-7-4-3-5-8-13;;/h3-11,20H,2,12H2,1H3;;. The third-order valence-corrected chi connectivity index (χ3v) is 3.23. The van der Waals surface area contributed by atoms with Gasteiger partial charge in [-0.2, -0.15) is 0 Å². The zero-order valence-corrected chi connectivity index (χ0v) is 13.5. The Morgan fingerprint density at radius 1 is 1.19 bits per heavy atom. The molecule has 0 aromatic heterocycles. The Balaban J connectivity index is 0.00000338. The molecule has 0 radical (unpaired) electrons. The predicted molar refractivity (Wildman–Crippen MR) is 98.3 cm³/mol. The Bertz CT molecular complexity index is 792. The van der Waals surface area contributed by atoms with Gasteiger partial charge in [0.15, 0.2) is 5.75 Å². The summed E-state index contributed by atoms with van der Waals surface area (Å²) in [4.78, 5) is 22.3. The van der Waals surface area contributed by atoms with Gasteiger partial charge in [-0.05, 0) is 24.6 Å². The van der Waals surface area contributed by atoms with Crippen molar-refractivity contribution < 1.29 is 24.3 Å². The first-order valence-corrected chi connectivity index (χ1v) is 7.54. The molecule has 0 spiro atoms. The number of carbonyl (C=O) groups excluding carboxylic acids is 1. The van der Waals surface area contributed by atoms with Gasteiger partial charge >= 0.3 is 63.0 Å². The number of aliphatic hydroxyl groups is 1. The number of nitro benzene ring substituents is 1. The minimum atomic E-state index is -0.951. The summed E-state index contributed by atoms with van der Waals surface area (Å²) in [5.74, 6) is -1.63. The van der Waals surface area contributed by atoms with Crippen LogP contribution in [0.5, 0.6) is 5.75 Å². The number of nitro groups is 1. The average Bonchev–Trinajstić information content (AvgIpc) is 2.60. The molecule has 2 aromatic carbocycles. The van der Waals surface area contributed by atoms with Crippen LogP contribution in [-0.2, 0) is 16.1 Å². The molecule has 0 heterocycles. The second kappa shape index (κ2) is 11.1. The van der Waals surface area contributed by atoms with Gasteiger partial charge in [-0.3, -0.25) is 10.1 Å². The Morgan fingerprint density at radius 2 is 1.88 bits per heavy atom. The van der Waals surface area contributed by atoms with E-state index in [-0.39, 0.29) is 81.6 Å². The van der Waals surface area contributed by atoms with E-state index >= 15 is 0 Å². The van der Waals surface area contributed by atoms with Crippen LogP contribution in [0.4, 0.5) is 5.69 Å². The summed E-state index contributed by atoms with van der Waals surface area (Å²) in [6.07, 6.45) is 0.992. The monoisotopic (exact) mass is 383 g/mol. The first-order valence-electron chi connectivity index (χ1n) is 7.54. The van der Waals surface area contributed by atoms with Gasteiger partial charge in [-0.1, -0.05) is 36.4 Å². The molecule has 0 saturated carbocycles. The number of hydrogen-bond acceptors (Lipinski definition) is 6. The van der Waals surface area contributed by atoms with E-state index in [1.807, 2.05) is 30.3 Å². The van der Waals surface area contributed by atoms with Crippen LogP contribution in [0.2, 0.25) is 0 Å². The van der Waals surface area contributed by atoms with Crippen molar-refractivity contribution in [2.24, 2.45) is 0 Å². The Kier molecular flexibility index (Phi) is 9.53. The number of para-hydroxylation sites is 1. The third kappa shape index (κ3) is 6.22. The molecule has 132 valence electrons.